The number of imidazole rings is 1. The van der Waals surface area contributed by atoms with Crippen molar-refractivity contribution in [2.75, 3.05) is 6.54 Å². The quantitative estimate of drug-likeness (QED) is 0.806. The molecule has 114 valence electrons. The summed E-state index contributed by atoms with van der Waals surface area (Å²) in [6, 6.07) is 9.24. The van der Waals surface area contributed by atoms with Crippen molar-refractivity contribution in [3.05, 3.63) is 53.6 Å². The van der Waals surface area contributed by atoms with Gasteiger partial charge in [-0.15, -0.1) is 0 Å². The molecule has 1 N–H and O–H groups in total. The lowest BCUT2D eigenvalue weighted by molar-refractivity contribution is 0.495. The van der Waals surface area contributed by atoms with Crippen LogP contribution in [-0.2, 0) is 19.4 Å². The molecule has 0 fully saturated rings. The highest BCUT2D eigenvalue weighted by Crippen LogP contribution is 2.11. The second-order valence-corrected chi connectivity index (χ2v) is 5.69. The zero-order valence-electron chi connectivity index (χ0n) is 13.5. The molecule has 0 aliphatic heterocycles. The fraction of sp³-hybridized carbons (Fsp3) is 0.500. The predicted molar refractivity (Wildman–Crippen MR) is 88.6 cm³/mol. The summed E-state index contributed by atoms with van der Waals surface area (Å²) >= 11 is 0. The Kier molecular flexibility index (Phi) is 6.00. The Bertz CT molecular complexity index is 545. The lowest BCUT2D eigenvalue weighted by atomic mass is 10.0. The Hall–Kier alpha value is -1.61. The van der Waals surface area contributed by atoms with E-state index in [0.717, 1.165) is 32.4 Å². The minimum Gasteiger partial charge on any atom is -0.335 e. The number of nitrogens with zero attached hydrogens (tertiary/aromatic N) is 2. The van der Waals surface area contributed by atoms with Gasteiger partial charge in [-0.05, 0) is 31.9 Å². The molecule has 0 saturated carbocycles. The molecule has 1 aromatic carbocycles. The number of likely N-dealkylation sites (N-methyl/N-ethyl adjacent to an activating group) is 1. The van der Waals surface area contributed by atoms with Crippen molar-refractivity contribution in [2.24, 2.45) is 0 Å². The van der Waals surface area contributed by atoms with Crippen LogP contribution in [-0.4, -0.2) is 22.1 Å². The minimum atomic E-state index is 0.440. The van der Waals surface area contributed by atoms with E-state index in [9.17, 15) is 0 Å². The molecule has 2 rings (SSSR count). The van der Waals surface area contributed by atoms with Crippen molar-refractivity contribution in [1.82, 2.24) is 14.9 Å². The zero-order valence-corrected chi connectivity index (χ0v) is 13.5. The van der Waals surface area contributed by atoms with Crippen LogP contribution in [0.3, 0.4) is 0 Å². The van der Waals surface area contributed by atoms with E-state index in [1.54, 1.807) is 0 Å². The van der Waals surface area contributed by atoms with Crippen LogP contribution in [0.4, 0.5) is 0 Å². The Morgan fingerprint density at radius 2 is 2.10 bits per heavy atom. The standard InChI is InChI=1S/C18H27N3/c1-4-10-21-11-9-20-18(21)14-17(19-5-2)13-16-8-6-7-15(3)12-16/h6-9,11-12,17,19H,4-5,10,13-14H2,1-3H3. The third-order valence-corrected chi connectivity index (χ3v) is 3.75. The largest absolute Gasteiger partial charge is 0.335 e. The molecule has 0 spiro atoms. The average Bonchev–Trinajstić information content (AvgIpc) is 2.87. The van der Waals surface area contributed by atoms with Gasteiger partial charge in [0.2, 0.25) is 0 Å². The molecule has 1 unspecified atom stereocenters. The van der Waals surface area contributed by atoms with E-state index in [-0.39, 0.29) is 0 Å². The molecule has 21 heavy (non-hydrogen) atoms. The first-order chi connectivity index (χ1) is 10.2. The van der Waals surface area contributed by atoms with Gasteiger partial charge in [-0.1, -0.05) is 43.7 Å². The molecule has 0 bridgehead atoms. The monoisotopic (exact) mass is 285 g/mol. The second kappa shape index (κ2) is 7.99. The van der Waals surface area contributed by atoms with Crippen LogP contribution in [0.2, 0.25) is 0 Å². The van der Waals surface area contributed by atoms with Gasteiger partial charge < -0.3 is 9.88 Å². The third-order valence-electron chi connectivity index (χ3n) is 3.75. The van der Waals surface area contributed by atoms with E-state index in [1.807, 2.05) is 6.20 Å². The molecule has 1 atom stereocenters. The van der Waals surface area contributed by atoms with E-state index in [0.29, 0.717) is 6.04 Å². The fourth-order valence-electron chi connectivity index (χ4n) is 2.82. The van der Waals surface area contributed by atoms with Gasteiger partial charge in [-0.25, -0.2) is 4.98 Å². The topological polar surface area (TPSA) is 29.9 Å². The lowest BCUT2D eigenvalue weighted by Gasteiger charge is -2.18. The number of benzene rings is 1. The molecule has 2 aromatic rings. The maximum atomic E-state index is 4.54. The highest BCUT2D eigenvalue weighted by atomic mass is 15.1. The number of aromatic nitrogens is 2. The van der Waals surface area contributed by atoms with Crippen molar-refractivity contribution < 1.29 is 0 Å². The maximum Gasteiger partial charge on any atom is 0.110 e. The van der Waals surface area contributed by atoms with Crippen molar-refractivity contribution in [1.29, 1.82) is 0 Å². The highest BCUT2D eigenvalue weighted by Gasteiger charge is 2.13. The fourth-order valence-corrected chi connectivity index (χ4v) is 2.82. The van der Waals surface area contributed by atoms with Crippen LogP contribution < -0.4 is 5.32 Å². The number of rotatable bonds is 8. The van der Waals surface area contributed by atoms with Gasteiger partial charge in [0.05, 0.1) is 0 Å². The first-order valence-corrected chi connectivity index (χ1v) is 8.01. The molecule has 3 heteroatoms. The van der Waals surface area contributed by atoms with E-state index in [2.05, 4.69) is 66.1 Å². The summed E-state index contributed by atoms with van der Waals surface area (Å²) in [4.78, 5) is 4.54. The van der Waals surface area contributed by atoms with Gasteiger partial charge >= 0.3 is 0 Å². The van der Waals surface area contributed by atoms with Gasteiger partial charge in [0.1, 0.15) is 5.82 Å². The van der Waals surface area contributed by atoms with Gasteiger partial charge in [0.15, 0.2) is 0 Å². The summed E-state index contributed by atoms with van der Waals surface area (Å²) in [6.45, 7) is 8.57. The molecule has 1 heterocycles. The van der Waals surface area contributed by atoms with E-state index in [4.69, 9.17) is 0 Å². The van der Waals surface area contributed by atoms with E-state index in [1.165, 1.54) is 17.0 Å². The third kappa shape index (κ3) is 4.71. The molecular weight excluding hydrogens is 258 g/mol. The molecule has 0 amide bonds. The van der Waals surface area contributed by atoms with Crippen molar-refractivity contribution in [2.45, 2.75) is 52.6 Å². The molecule has 0 saturated heterocycles. The Balaban J connectivity index is 2.06. The number of aryl methyl sites for hydroxylation is 2. The zero-order chi connectivity index (χ0) is 15.1. The SMILES string of the molecule is CCCn1ccnc1CC(Cc1cccc(C)c1)NCC. The van der Waals surface area contributed by atoms with Crippen molar-refractivity contribution in [3.8, 4) is 0 Å². The van der Waals surface area contributed by atoms with Gasteiger partial charge in [-0.2, -0.15) is 0 Å². The van der Waals surface area contributed by atoms with Crippen LogP contribution in [0.15, 0.2) is 36.7 Å². The first-order valence-electron chi connectivity index (χ1n) is 8.01. The number of nitrogens with one attached hydrogen (secondary N) is 1. The summed E-state index contributed by atoms with van der Waals surface area (Å²) in [6.07, 6.45) is 7.19. The normalized spacial score (nSPS) is 12.5. The summed E-state index contributed by atoms with van der Waals surface area (Å²) in [5.74, 6) is 1.19. The molecular formula is C18H27N3. The minimum absolute atomic E-state index is 0.440. The summed E-state index contributed by atoms with van der Waals surface area (Å²) in [7, 11) is 0. The van der Waals surface area contributed by atoms with Gasteiger partial charge in [-0.3, -0.25) is 0 Å². The number of hydrogen-bond acceptors (Lipinski definition) is 2. The maximum absolute atomic E-state index is 4.54. The lowest BCUT2D eigenvalue weighted by Crippen LogP contribution is -2.34. The molecule has 3 nitrogen and oxygen atoms in total. The Morgan fingerprint density at radius 1 is 1.24 bits per heavy atom. The van der Waals surface area contributed by atoms with Gasteiger partial charge in [0.25, 0.3) is 0 Å². The summed E-state index contributed by atoms with van der Waals surface area (Å²) in [5, 5.41) is 3.60. The molecule has 0 aliphatic rings. The van der Waals surface area contributed by atoms with Crippen molar-refractivity contribution in [3.63, 3.8) is 0 Å². The second-order valence-electron chi connectivity index (χ2n) is 5.69. The molecule has 0 aliphatic carbocycles. The smallest absolute Gasteiger partial charge is 0.110 e. The van der Waals surface area contributed by atoms with Crippen LogP contribution in [0.25, 0.3) is 0 Å². The Labute approximate surface area is 128 Å². The summed E-state index contributed by atoms with van der Waals surface area (Å²) in [5.41, 5.74) is 2.73. The van der Waals surface area contributed by atoms with Crippen LogP contribution in [0.1, 0.15) is 37.2 Å². The Morgan fingerprint density at radius 3 is 2.81 bits per heavy atom. The van der Waals surface area contributed by atoms with Crippen molar-refractivity contribution >= 4 is 0 Å². The predicted octanol–water partition coefficient (Wildman–Crippen LogP) is 3.36. The highest BCUT2D eigenvalue weighted by molar-refractivity contribution is 5.23. The molecule has 0 radical (unpaired) electrons. The van der Waals surface area contributed by atoms with Crippen LogP contribution in [0.5, 0.6) is 0 Å². The first kappa shape index (κ1) is 15.8. The van der Waals surface area contributed by atoms with E-state index < -0.39 is 0 Å². The number of hydrogen-bond donors (Lipinski definition) is 1. The average molecular weight is 285 g/mol. The van der Waals surface area contributed by atoms with Crippen LogP contribution in [0, 0.1) is 6.92 Å². The van der Waals surface area contributed by atoms with Crippen LogP contribution >= 0.6 is 0 Å². The summed E-state index contributed by atoms with van der Waals surface area (Å²) < 4.78 is 2.28. The van der Waals surface area contributed by atoms with Gasteiger partial charge in [0, 0.05) is 31.4 Å². The molecule has 1 aromatic heterocycles. The van der Waals surface area contributed by atoms with E-state index >= 15 is 0 Å².